The molecule has 0 unspecified atom stereocenters. The number of ether oxygens (including phenoxy) is 1. The second-order valence-corrected chi connectivity index (χ2v) is 5.30. The molecule has 6 nitrogen and oxygen atoms in total. The van der Waals surface area contributed by atoms with Crippen LogP contribution in [0, 0.1) is 13.8 Å². The van der Waals surface area contributed by atoms with E-state index in [0.717, 1.165) is 17.0 Å². The van der Waals surface area contributed by atoms with Crippen molar-refractivity contribution in [1.29, 1.82) is 0 Å². The summed E-state index contributed by atoms with van der Waals surface area (Å²) in [6.07, 6.45) is 1.65. The number of aryl methyl sites for hydroxylation is 2. The van der Waals surface area contributed by atoms with E-state index in [4.69, 9.17) is 4.74 Å². The number of amides is 1. The van der Waals surface area contributed by atoms with Crippen molar-refractivity contribution >= 4 is 17.8 Å². The Hall–Kier alpha value is -2.63. The number of hydrogen-bond donors (Lipinski definition) is 0. The van der Waals surface area contributed by atoms with Crippen LogP contribution in [0.2, 0.25) is 0 Å². The average molecular weight is 298 g/mol. The van der Waals surface area contributed by atoms with E-state index in [1.165, 1.54) is 0 Å². The van der Waals surface area contributed by atoms with Crippen LogP contribution >= 0.6 is 0 Å². The lowest BCUT2D eigenvalue weighted by molar-refractivity contribution is -0.121. The minimum Gasteiger partial charge on any atom is -0.480 e. The van der Waals surface area contributed by atoms with Gasteiger partial charge < -0.3 is 4.74 Å². The number of rotatable bonds is 3. The minimum atomic E-state index is -0.108. The zero-order valence-corrected chi connectivity index (χ0v) is 13.0. The van der Waals surface area contributed by atoms with Crippen molar-refractivity contribution in [3.05, 3.63) is 41.4 Å². The topological polar surface area (TPSA) is 60.2 Å². The van der Waals surface area contributed by atoms with Crippen molar-refractivity contribution in [3.63, 3.8) is 0 Å². The lowest BCUT2D eigenvalue weighted by atomic mass is 10.1. The normalized spacial score (nSPS) is 13.8. The van der Waals surface area contributed by atoms with E-state index in [9.17, 15) is 4.79 Å². The molecule has 22 heavy (non-hydrogen) atoms. The zero-order valence-electron chi connectivity index (χ0n) is 13.0. The summed E-state index contributed by atoms with van der Waals surface area (Å²) in [4.78, 5) is 18.4. The van der Waals surface area contributed by atoms with Crippen molar-refractivity contribution in [3.8, 4) is 5.75 Å². The van der Waals surface area contributed by atoms with E-state index in [1.54, 1.807) is 11.0 Å². The third-order valence-electron chi connectivity index (χ3n) is 3.95. The van der Waals surface area contributed by atoms with E-state index in [2.05, 4.69) is 16.7 Å². The van der Waals surface area contributed by atoms with Crippen LogP contribution in [-0.2, 0) is 18.4 Å². The van der Waals surface area contributed by atoms with Gasteiger partial charge in [0.1, 0.15) is 0 Å². The van der Waals surface area contributed by atoms with Gasteiger partial charge in [0.15, 0.2) is 18.2 Å². The van der Waals surface area contributed by atoms with Gasteiger partial charge in [0.2, 0.25) is 0 Å². The number of anilines is 1. The number of pyridine rings is 1. The van der Waals surface area contributed by atoms with Gasteiger partial charge in [-0.2, -0.15) is 5.10 Å². The summed E-state index contributed by atoms with van der Waals surface area (Å²) in [5.41, 5.74) is 3.70. The van der Waals surface area contributed by atoms with Crippen molar-refractivity contribution in [1.82, 2.24) is 14.8 Å². The molecule has 0 atom stereocenters. The summed E-state index contributed by atoms with van der Waals surface area (Å²) in [5, 5.41) is 4.40. The van der Waals surface area contributed by atoms with Crippen molar-refractivity contribution in [2.75, 3.05) is 11.5 Å². The summed E-state index contributed by atoms with van der Waals surface area (Å²) in [6.45, 7) is 8.13. The Morgan fingerprint density at radius 1 is 1.41 bits per heavy atom. The molecular weight excluding hydrogens is 280 g/mol. The highest BCUT2D eigenvalue weighted by atomic mass is 16.5. The van der Waals surface area contributed by atoms with E-state index < -0.39 is 0 Å². The Morgan fingerprint density at radius 3 is 2.82 bits per heavy atom. The molecule has 1 amide bonds. The van der Waals surface area contributed by atoms with Crippen LogP contribution in [0.25, 0.3) is 6.08 Å². The molecule has 2 aromatic heterocycles. The summed E-state index contributed by atoms with van der Waals surface area (Å²) in [7, 11) is 1.90. The van der Waals surface area contributed by atoms with Gasteiger partial charge >= 0.3 is 0 Å². The van der Waals surface area contributed by atoms with Gasteiger partial charge in [-0.25, -0.2) is 4.98 Å². The van der Waals surface area contributed by atoms with Crippen LogP contribution in [0.3, 0.4) is 0 Å². The van der Waals surface area contributed by atoms with Crippen molar-refractivity contribution < 1.29 is 9.53 Å². The Kier molecular flexibility index (Phi) is 3.44. The Balaban J connectivity index is 2.03. The van der Waals surface area contributed by atoms with Gasteiger partial charge in [-0.15, -0.1) is 0 Å². The molecule has 3 heterocycles. The largest absolute Gasteiger partial charge is 0.480 e. The van der Waals surface area contributed by atoms with Gasteiger partial charge in [0.25, 0.3) is 5.91 Å². The maximum Gasteiger partial charge on any atom is 0.266 e. The van der Waals surface area contributed by atoms with Gasteiger partial charge in [0, 0.05) is 18.3 Å². The van der Waals surface area contributed by atoms with Gasteiger partial charge in [-0.1, -0.05) is 6.58 Å². The van der Waals surface area contributed by atoms with Crippen LogP contribution in [-0.4, -0.2) is 27.3 Å². The van der Waals surface area contributed by atoms with Crippen LogP contribution < -0.4 is 9.64 Å². The average Bonchev–Trinajstić information content (AvgIpc) is 2.75. The molecule has 0 radical (unpaired) electrons. The van der Waals surface area contributed by atoms with Crippen molar-refractivity contribution in [2.24, 2.45) is 7.05 Å². The SMILES string of the molecule is C=Cc1ccc2c(n1)N(Cc1c(C)nn(C)c1C)C(=O)CO2. The Morgan fingerprint density at radius 2 is 2.18 bits per heavy atom. The molecule has 2 aromatic rings. The first-order valence-electron chi connectivity index (χ1n) is 7.07. The quantitative estimate of drug-likeness (QED) is 0.869. The van der Waals surface area contributed by atoms with E-state index >= 15 is 0 Å². The molecule has 1 aliphatic rings. The molecule has 1 aliphatic heterocycles. The molecule has 0 saturated heterocycles. The Labute approximate surface area is 129 Å². The van der Waals surface area contributed by atoms with Crippen LogP contribution in [0.1, 0.15) is 22.6 Å². The molecule has 0 aliphatic carbocycles. The molecule has 0 aromatic carbocycles. The molecular formula is C16H18N4O2. The first kappa shape index (κ1) is 14.3. The summed E-state index contributed by atoms with van der Waals surface area (Å²) in [6, 6.07) is 3.64. The van der Waals surface area contributed by atoms with E-state index in [0.29, 0.717) is 23.8 Å². The summed E-state index contributed by atoms with van der Waals surface area (Å²) in [5.74, 6) is 1.05. The van der Waals surface area contributed by atoms with E-state index in [-0.39, 0.29) is 12.5 Å². The molecule has 0 N–H and O–H groups in total. The number of carbonyl (C=O) groups is 1. The first-order chi connectivity index (χ1) is 10.5. The fraction of sp³-hybridized carbons (Fsp3) is 0.312. The second kappa shape index (κ2) is 5.29. The van der Waals surface area contributed by atoms with Gasteiger partial charge in [0.05, 0.1) is 17.9 Å². The zero-order chi connectivity index (χ0) is 15.9. The Bertz CT molecular complexity index is 764. The maximum atomic E-state index is 12.3. The molecule has 0 saturated carbocycles. The first-order valence-corrected chi connectivity index (χ1v) is 7.07. The van der Waals surface area contributed by atoms with Gasteiger partial charge in [-0.05, 0) is 32.1 Å². The van der Waals surface area contributed by atoms with E-state index in [1.807, 2.05) is 37.7 Å². The standard InChI is InChI=1S/C16H18N4O2/c1-5-12-6-7-14-16(17-12)20(15(21)9-22-14)8-13-10(2)18-19(4)11(13)3/h5-7H,1,8-9H2,2-4H3. The predicted molar refractivity (Wildman–Crippen MR) is 83.7 cm³/mol. The fourth-order valence-electron chi connectivity index (χ4n) is 2.57. The number of aromatic nitrogens is 3. The number of nitrogens with zero attached hydrogens (tertiary/aromatic N) is 4. The monoisotopic (exact) mass is 298 g/mol. The lowest BCUT2D eigenvalue weighted by Crippen LogP contribution is -2.39. The lowest BCUT2D eigenvalue weighted by Gasteiger charge is -2.28. The smallest absolute Gasteiger partial charge is 0.266 e. The van der Waals surface area contributed by atoms with Crippen LogP contribution in [0.5, 0.6) is 5.75 Å². The predicted octanol–water partition coefficient (Wildman–Crippen LogP) is 2.00. The van der Waals surface area contributed by atoms with Gasteiger partial charge in [-0.3, -0.25) is 14.4 Å². The number of fused-ring (bicyclic) bond motifs is 1. The highest BCUT2D eigenvalue weighted by Gasteiger charge is 2.28. The number of carbonyl (C=O) groups excluding carboxylic acids is 1. The minimum absolute atomic E-state index is 0.0282. The molecule has 0 spiro atoms. The van der Waals surface area contributed by atoms with Crippen LogP contribution in [0.4, 0.5) is 5.82 Å². The molecule has 6 heteroatoms. The third-order valence-corrected chi connectivity index (χ3v) is 3.95. The third kappa shape index (κ3) is 2.26. The maximum absolute atomic E-state index is 12.3. The summed E-state index contributed by atoms with van der Waals surface area (Å²) >= 11 is 0. The number of hydrogen-bond acceptors (Lipinski definition) is 4. The van der Waals surface area contributed by atoms with Crippen molar-refractivity contribution in [2.45, 2.75) is 20.4 Å². The molecule has 0 fully saturated rings. The summed E-state index contributed by atoms with van der Waals surface area (Å²) < 4.78 is 7.28. The fourth-order valence-corrected chi connectivity index (χ4v) is 2.57. The molecule has 0 bridgehead atoms. The van der Waals surface area contributed by atoms with Crippen LogP contribution in [0.15, 0.2) is 18.7 Å². The molecule has 114 valence electrons. The highest BCUT2D eigenvalue weighted by Crippen LogP contribution is 2.32. The highest BCUT2D eigenvalue weighted by molar-refractivity contribution is 5.96. The second-order valence-electron chi connectivity index (χ2n) is 5.30. The molecule has 3 rings (SSSR count).